The van der Waals surface area contributed by atoms with Crippen LogP contribution in [0, 0.1) is 0 Å². The average molecular weight is 226 g/mol. The molecule has 0 bridgehead atoms. The lowest BCUT2D eigenvalue weighted by atomic mass is 10.0. The third-order valence-corrected chi connectivity index (χ3v) is 3.44. The molecule has 0 radical (unpaired) electrons. The van der Waals surface area contributed by atoms with Crippen molar-refractivity contribution in [2.45, 2.75) is 12.1 Å². The summed E-state index contributed by atoms with van der Waals surface area (Å²) in [4.78, 5) is 16.7. The van der Waals surface area contributed by atoms with E-state index in [0.717, 1.165) is 39.3 Å². The summed E-state index contributed by atoms with van der Waals surface area (Å²) in [6.07, 6.45) is 0. The van der Waals surface area contributed by atoms with Gasteiger partial charge in [0, 0.05) is 39.3 Å². The van der Waals surface area contributed by atoms with Crippen LogP contribution in [0.3, 0.4) is 0 Å². The Hall–Kier alpha value is -0.490. The van der Waals surface area contributed by atoms with E-state index in [2.05, 4.69) is 34.5 Å². The van der Waals surface area contributed by atoms with E-state index in [1.165, 1.54) is 0 Å². The number of hydrogen-bond donors (Lipinski definition) is 2. The third-order valence-electron chi connectivity index (χ3n) is 3.44. The van der Waals surface area contributed by atoms with E-state index in [1.54, 1.807) is 0 Å². The molecule has 2 rings (SSSR count). The minimum absolute atomic E-state index is 0.00255. The maximum atomic E-state index is 12.3. The first-order chi connectivity index (χ1) is 7.66. The van der Waals surface area contributed by atoms with E-state index in [1.807, 2.05) is 0 Å². The molecule has 2 aliphatic heterocycles. The van der Waals surface area contributed by atoms with Crippen LogP contribution in [-0.4, -0.2) is 81.0 Å². The van der Waals surface area contributed by atoms with Gasteiger partial charge in [-0.15, -0.1) is 0 Å². The van der Waals surface area contributed by atoms with Gasteiger partial charge in [-0.25, -0.2) is 0 Å². The van der Waals surface area contributed by atoms with E-state index in [0.29, 0.717) is 5.78 Å². The van der Waals surface area contributed by atoms with Gasteiger partial charge >= 0.3 is 0 Å². The fourth-order valence-corrected chi connectivity index (χ4v) is 2.42. The summed E-state index contributed by atoms with van der Waals surface area (Å²) in [5.41, 5.74) is 0. The zero-order chi connectivity index (χ0) is 11.5. The number of nitrogens with one attached hydrogen (secondary N) is 2. The molecule has 2 heterocycles. The number of carbonyl (C=O) groups excluding carboxylic acids is 1. The fraction of sp³-hybridized carbons (Fsp3) is 0.909. The second-order valence-corrected chi connectivity index (χ2v) is 4.94. The quantitative estimate of drug-likeness (QED) is 0.591. The number of likely N-dealkylation sites (N-methyl/N-ethyl adjacent to an activating group) is 2. The molecule has 0 amide bonds. The molecule has 2 aliphatic rings. The van der Waals surface area contributed by atoms with Crippen molar-refractivity contribution in [3.63, 3.8) is 0 Å². The lowest BCUT2D eigenvalue weighted by Gasteiger charge is -2.35. The van der Waals surface area contributed by atoms with Crippen LogP contribution in [0.2, 0.25) is 0 Å². The van der Waals surface area contributed by atoms with Crippen LogP contribution < -0.4 is 10.6 Å². The number of hydrogen-bond acceptors (Lipinski definition) is 5. The van der Waals surface area contributed by atoms with Gasteiger partial charge in [0.25, 0.3) is 0 Å². The summed E-state index contributed by atoms with van der Waals surface area (Å²) in [5, 5.41) is 6.62. The highest BCUT2D eigenvalue weighted by Crippen LogP contribution is 2.04. The van der Waals surface area contributed by atoms with Gasteiger partial charge in [-0.1, -0.05) is 0 Å². The molecule has 2 N–H and O–H groups in total. The van der Waals surface area contributed by atoms with Crippen LogP contribution in [0.15, 0.2) is 0 Å². The lowest BCUT2D eigenvalue weighted by molar-refractivity contribution is -0.125. The molecule has 5 nitrogen and oxygen atoms in total. The Balaban J connectivity index is 1.90. The zero-order valence-electron chi connectivity index (χ0n) is 10.2. The molecule has 92 valence electrons. The zero-order valence-corrected chi connectivity index (χ0v) is 10.2. The Labute approximate surface area is 97.2 Å². The maximum Gasteiger partial charge on any atom is 0.169 e. The molecule has 5 heteroatoms. The van der Waals surface area contributed by atoms with E-state index >= 15 is 0 Å². The molecule has 2 unspecified atom stereocenters. The van der Waals surface area contributed by atoms with Gasteiger partial charge in [-0.3, -0.25) is 4.79 Å². The Morgan fingerprint density at radius 2 is 1.44 bits per heavy atom. The first-order valence-electron chi connectivity index (χ1n) is 6.04. The average Bonchev–Trinajstić information content (AvgIpc) is 2.28. The predicted octanol–water partition coefficient (Wildman–Crippen LogP) is -1.64. The van der Waals surface area contributed by atoms with Gasteiger partial charge in [-0.05, 0) is 14.1 Å². The standard InChI is InChI=1S/C11H22N4O/c1-14-5-3-12-9(7-14)11(16)10-8-15(2)6-4-13-10/h9-10,12-13H,3-8H2,1-2H3. The molecular formula is C11H22N4O. The molecule has 0 spiro atoms. The molecule has 16 heavy (non-hydrogen) atoms. The summed E-state index contributed by atoms with van der Waals surface area (Å²) in [6.45, 7) is 5.55. The predicted molar refractivity (Wildman–Crippen MR) is 63.6 cm³/mol. The van der Waals surface area contributed by atoms with Crippen molar-refractivity contribution in [2.24, 2.45) is 0 Å². The minimum Gasteiger partial charge on any atom is -0.305 e. The van der Waals surface area contributed by atoms with Gasteiger partial charge in [0.2, 0.25) is 0 Å². The van der Waals surface area contributed by atoms with E-state index in [-0.39, 0.29) is 12.1 Å². The van der Waals surface area contributed by atoms with Crippen molar-refractivity contribution < 1.29 is 4.79 Å². The largest absolute Gasteiger partial charge is 0.305 e. The van der Waals surface area contributed by atoms with Crippen molar-refractivity contribution in [1.82, 2.24) is 20.4 Å². The highest BCUT2D eigenvalue weighted by atomic mass is 16.1. The molecule has 0 aromatic rings. The number of nitrogens with zero attached hydrogens (tertiary/aromatic N) is 2. The van der Waals surface area contributed by atoms with Crippen LogP contribution in [0.5, 0.6) is 0 Å². The van der Waals surface area contributed by atoms with E-state index in [9.17, 15) is 4.79 Å². The SMILES string of the molecule is CN1CCNC(C(=O)C2CN(C)CCN2)C1. The van der Waals surface area contributed by atoms with Crippen LogP contribution in [0.1, 0.15) is 0 Å². The number of carbonyl (C=O) groups is 1. The normalized spacial score (nSPS) is 33.9. The summed E-state index contributed by atoms with van der Waals surface area (Å²) in [6, 6.07) is 0.00509. The van der Waals surface area contributed by atoms with E-state index < -0.39 is 0 Å². The summed E-state index contributed by atoms with van der Waals surface area (Å²) in [7, 11) is 4.14. The first-order valence-corrected chi connectivity index (χ1v) is 6.04. The minimum atomic E-state index is 0.00255. The number of ketones is 1. The van der Waals surface area contributed by atoms with Crippen LogP contribution in [0.4, 0.5) is 0 Å². The Morgan fingerprint density at radius 3 is 1.81 bits per heavy atom. The molecule has 0 aliphatic carbocycles. The highest BCUT2D eigenvalue weighted by Gasteiger charge is 2.31. The number of Topliss-reactive ketones (excluding diaryl/α,β-unsaturated/α-hetero) is 1. The summed E-state index contributed by atoms with van der Waals surface area (Å²) < 4.78 is 0. The monoisotopic (exact) mass is 226 g/mol. The topological polar surface area (TPSA) is 47.6 Å². The van der Waals surface area contributed by atoms with Crippen LogP contribution in [-0.2, 0) is 4.79 Å². The second-order valence-electron chi connectivity index (χ2n) is 4.94. The molecule has 2 fully saturated rings. The molecule has 0 aromatic carbocycles. The van der Waals surface area contributed by atoms with Gasteiger partial charge in [-0.2, -0.15) is 0 Å². The number of rotatable bonds is 2. The van der Waals surface area contributed by atoms with Crippen LogP contribution >= 0.6 is 0 Å². The Morgan fingerprint density at radius 1 is 1.00 bits per heavy atom. The molecule has 2 atom stereocenters. The van der Waals surface area contributed by atoms with Gasteiger partial charge in [0.15, 0.2) is 5.78 Å². The van der Waals surface area contributed by atoms with Crippen LogP contribution in [0.25, 0.3) is 0 Å². The smallest absolute Gasteiger partial charge is 0.169 e. The van der Waals surface area contributed by atoms with Gasteiger partial charge in [0.05, 0.1) is 12.1 Å². The Kier molecular flexibility index (Phi) is 3.91. The second kappa shape index (κ2) is 5.23. The Bertz CT molecular complexity index is 234. The van der Waals surface area contributed by atoms with Crippen molar-refractivity contribution >= 4 is 5.78 Å². The summed E-state index contributed by atoms with van der Waals surface area (Å²) >= 11 is 0. The highest BCUT2D eigenvalue weighted by molar-refractivity contribution is 5.89. The molecule has 2 saturated heterocycles. The van der Waals surface area contributed by atoms with E-state index in [4.69, 9.17) is 0 Å². The molecule has 0 saturated carbocycles. The van der Waals surface area contributed by atoms with Crippen molar-refractivity contribution in [2.75, 3.05) is 53.4 Å². The van der Waals surface area contributed by atoms with Crippen molar-refractivity contribution in [1.29, 1.82) is 0 Å². The lowest BCUT2D eigenvalue weighted by Crippen LogP contribution is -2.61. The fourth-order valence-electron chi connectivity index (χ4n) is 2.42. The molecule has 0 aromatic heterocycles. The van der Waals surface area contributed by atoms with Crippen molar-refractivity contribution in [3.8, 4) is 0 Å². The van der Waals surface area contributed by atoms with Crippen molar-refractivity contribution in [3.05, 3.63) is 0 Å². The maximum absolute atomic E-state index is 12.3. The first kappa shape index (κ1) is 12.0. The van der Waals surface area contributed by atoms with Gasteiger partial charge in [0.1, 0.15) is 0 Å². The van der Waals surface area contributed by atoms with Gasteiger partial charge < -0.3 is 20.4 Å². The third kappa shape index (κ3) is 2.79. The summed E-state index contributed by atoms with van der Waals surface area (Å²) in [5.74, 6) is 0.318. The molecular weight excluding hydrogens is 204 g/mol. The number of piperazine rings is 2.